The van der Waals surface area contributed by atoms with E-state index in [0.717, 1.165) is 5.57 Å². The maximum atomic E-state index is 5.81. The van der Waals surface area contributed by atoms with Crippen molar-refractivity contribution in [2.24, 2.45) is 10.7 Å². The molecule has 98 valence electrons. The predicted molar refractivity (Wildman–Crippen MR) is 82.1 cm³/mol. The van der Waals surface area contributed by atoms with Gasteiger partial charge in [0.25, 0.3) is 0 Å². The average Bonchev–Trinajstić information content (AvgIpc) is 2.42. The summed E-state index contributed by atoms with van der Waals surface area (Å²) in [6, 6.07) is 14.5. The molecule has 2 rings (SSSR count). The van der Waals surface area contributed by atoms with Crippen LogP contribution < -0.4 is 11.1 Å². The number of nitrogens with two attached hydrogens (primary N) is 1. The number of rotatable bonds is 4. The minimum Gasteiger partial charge on any atom is -0.370 e. The Kier molecular flexibility index (Phi) is 4.18. The lowest BCUT2D eigenvalue weighted by molar-refractivity contribution is 0.942. The first-order valence-electron chi connectivity index (χ1n) is 6.31. The van der Waals surface area contributed by atoms with Gasteiger partial charge in [-0.1, -0.05) is 54.6 Å². The molecule has 3 heteroatoms. The molecule has 0 heterocycles. The third-order valence-electron chi connectivity index (χ3n) is 2.87. The van der Waals surface area contributed by atoms with Crippen molar-refractivity contribution >= 4 is 16.7 Å². The monoisotopic (exact) mass is 253 g/mol. The topological polar surface area (TPSA) is 50.4 Å². The molecule has 0 saturated heterocycles. The molecule has 0 aliphatic rings. The van der Waals surface area contributed by atoms with Gasteiger partial charge in [-0.2, -0.15) is 0 Å². The lowest BCUT2D eigenvalue weighted by Gasteiger charge is -2.06. The number of hydrogen-bond donors (Lipinski definition) is 2. The molecule has 0 aliphatic heterocycles. The van der Waals surface area contributed by atoms with Crippen LogP contribution in [-0.4, -0.2) is 12.5 Å². The molecule has 0 saturated carbocycles. The zero-order valence-corrected chi connectivity index (χ0v) is 11.2. The van der Waals surface area contributed by atoms with Crippen LogP contribution in [0.2, 0.25) is 0 Å². The lowest BCUT2D eigenvalue weighted by atomic mass is 10.1. The Labute approximate surface area is 113 Å². The molecule has 0 spiro atoms. The van der Waals surface area contributed by atoms with Crippen molar-refractivity contribution in [3.8, 4) is 0 Å². The molecule has 2 aromatic rings. The molecule has 0 amide bonds. The molecule has 2 aromatic carbocycles. The van der Waals surface area contributed by atoms with Crippen molar-refractivity contribution in [2.75, 3.05) is 6.54 Å². The highest BCUT2D eigenvalue weighted by Gasteiger charge is 1.99. The number of guanidine groups is 1. The number of nitrogens with zero attached hydrogens (tertiary/aromatic N) is 1. The second-order valence-corrected chi connectivity index (χ2v) is 4.65. The normalized spacial score (nSPS) is 11.5. The van der Waals surface area contributed by atoms with Crippen LogP contribution in [0.3, 0.4) is 0 Å². The first-order chi connectivity index (χ1) is 9.16. The Hall–Kier alpha value is -2.29. The SMILES string of the molecule is C=C(C)CNC(N)=NCc1cccc2ccccc12. The second kappa shape index (κ2) is 6.05. The third kappa shape index (κ3) is 3.58. The predicted octanol–water partition coefficient (Wildman–Crippen LogP) is 2.82. The van der Waals surface area contributed by atoms with E-state index in [-0.39, 0.29) is 0 Å². The lowest BCUT2D eigenvalue weighted by Crippen LogP contribution is -2.32. The molecule has 0 radical (unpaired) electrons. The van der Waals surface area contributed by atoms with Crippen molar-refractivity contribution in [1.82, 2.24) is 5.32 Å². The number of fused-ring (bicyclic) bond motifs is 1. The zero-order chi connectivity index (χ0) is 13.7. The van der Waals surface area contributed by atoms with Gasteiger partial charge < -0.3 is 11.1 Å². The summed E-state index contributed by atoms with van der Waals surface area (Å²) in [6.45, 7) is 7.00. The standard InChI is InChI=1S/C16H19N3/c1-12(2)10-18-16(17)19-11-14-8-5-7-13-6-3-4-9-15(13)14/h3-9H,1,10-11H2,2H3,(H3,17,18,19). The van der Waals surface area contributed by atoms with Crippen molar-refractivity contribution in [3.05, 3.63) is 60.2 Å². The zero-order valence-electron chi connectivity index (χ0n) is 11.2. The van der Waals surface area contributed by atoms with E-state index >= 15 is 0 Å². The quantitative estimate of drug-likeness (QED) is 0.500. The Morgan fingerprint density at radius 1 is 1.21 bits per heavy atom. The van der Waals surface area contributed by atoms with Crippen LogP contribution in [0.5, 0.6) is 0 Å². The second-order valence-electron chi connectivity index (χ2n) is 4.65. The fourth-order valence-corrected chi connectivity index (χ4v) is 1.90. The van der Waals surface area contributed by atoms with Gasteiger partial charge in [0.05, 0.1) is 6.54 Å². The van der Waals surface area contributed by atoms with Gasteiger partial charge in [-0.25, -0.2) is 4.99 Å². The first-order valence-corrected chi connectivity index (χ1v) is 6.31. The highest BCUT2D eigenvalue weighted by molar-refractivity contribution is 5.86. The number of aliphatic imine (C=N–C) groups is 1. The summed E-state index contributed by atoms with van der Waals surface area (Å²) in [5.74, 6) is 0.455. The maximum absolute atomic E-state index is 5.81. The van der Waals surface area contributed by atoms with Gasteiger partial charge in [0.2, 0.25) is 0 Å². The van der Waals surface area contributed by atoms with Gasteiger partial charge >= 0.3 is 0 Å². The van der Waals surface area contributed by atoms with Crippen LogP contribution >= 0.6 is 0 Å². The van der Waals surface area contributed by atoms with E-state index in [1.807, 2.05) is 25.1 Å². The highest BCUT2D eigenvalue weighted by atomic mass is 15.1. The van der Waals surface area contributed by atoms with Crippen LogP contribution in [0, 0.1) is 0 Å². The van der Waals surface area contributed by atoms with Gasteiger partial charge in [-0.05, 0) is 23.3 Å². The molecule has 3 N–H and O–H groups in total. The number of benzene rings is 2. The number of nitrogens with one attached hydrogen (secondary N) is 1. The van der Waals surface area contributed by atoms with Crippen LogP contribution in [0.1, 0.15) is 12.5 Å². The highest BCUT2D eigenvalue weighted by Crippen LogP contribution is 2.18. The molecule has 0 unspecified atom stereocenters. The van der Waals surface area contributed by atoms with E-state index in [1.165, 1.54) is 16.3 Å². The third-order valence-corrected chi connectivity index (χ3v) is 2.87. The van der Waals surface area contributed by atoms with E-state index in [0.29, 0.717) is 19.0 Å². The molecule has 19 heavy (non-hydrogen) atoms. The van der Waals surface area contributed by atoms with Crippen molar-refractivity contribution in [1.29, 1.82) is 0 Å². The van der Waals surface area contributed by atoms with E-state index in [4.69, 9.17) is 5.73 Å². The molecule has 0 aromatic heterocycles. The van der Waals surface area contributed by atoms with Crippen LogP contribution in [0.15, 0.2) is 59.6 Å². The summed E-state index contributed by atoms with van der Waals surface area (Å²) in [6.07, 6.45) is 0. The molecule has 0 aliphatic carbocycles. The largest absolute Gasteiger partial charge is 0.370 e. The van der Waals surface area contributed by atoms with E-state index < -0.39 is 0 Å². The van der Waals surface area contributed by atoms with Crippen LogP contribution in [-0.2, 0) is 6.54 Å². The average molecular weight is 253 g/mol. The summed E-state index contributed by atoms with van der Waals surface area (Å²) in [4.78, 5) is 4.36. The minimum atomic E-state index is 0.455. The van der Waals surface area contributed by atoms with Gasteiger partial charge in [0.1, 0.15) is 0 Å². The van der Waals surface area contributed by atoms with E-state index in [2.05, 4.69) is 41.2 Å². The van der Waals surface area contributed by atoms with Crippen molar-refractivity contribution in [3.63, 3.8) is 0 Å². The first kappa shape index (κ1) is 13.1. The molecule has 3 nitrogen and oxygen atoms in total. The smallest absolute Gasteiger partial charge is 0.189 e. The summed E-state index contributed by atoms with van der Waals surface area (Å²) in [5, 5.41) is 5.48. The fourth-order valence-electron chi connectivity index (χ4n) is 1.90. The summed E-state index contributed by atoms with van der Waals surface area (Å²) in [5.41, 5.74) is 8.02. The van der Waals surface area contributed by atoms with E-state index in [1.54, 1.807) is 0 Å². The fraction of sp³-hybridized carbons (Fsp3) is 0.188. The molecule has 0 bridgehead atoms. The van der Waals surface area contributed by atoms with Gasteiger partial charge in [0, 0.05) is 6.54 Å². The van der Waals surface area contributed by atoms with E-state index in [9.17, 15) is 0 Å². The van der Waals surface area contributed by atoms with Crippen molar-refractivity contribution < 1.29 is 0 Å². The summed E-state index contributed by atoms with van der Waals surface area (Å²) in [7, 11) is 0. The molecular weight excluding hydrogens is 234 g/mol. The Bertz CT molecular complexity index is 609. The van der Waals surface area contributed by atoms with Crippen LogP contribution in [0.25, 0.3) is 10.8 Å². The molecule has 0 fully saturated rings. The maximum Gasteiger partial charge on any atom is 0.189 e. The van der Waals surface area contributed by atoms with Gasteiger partial charge in [-0.3, -0.25) is 0 Å². The van der Waals surface area contributed by atoms with Gasteiger partial charge in [-0.15, -0.1) is 0 Å². The minimum absolute atomic E-state index is 0.455. The van der Waals surface area contributed by atoms with Crippen molar-refractivity contribution in [2.45, 2.75) is 13.5 Å². The Balaban J connectivity index is 2.13. The summed E-state index contributed by atoms with van der Waals surface area (Å²) >= 11 is 0. The Morgan fingerprint density at radius 3 is 2.74 bits per heavy atom. The van der Waals surface area contributed by atoms with Crippen LogP contribution in [0.4, 0.5) is 0 Å². The summed E-state index contributed by atoms with van der Waals surface area (Å²) < 4.78 is 0. The van der Waals surface area contributed by atoms with Gasteiger partial charge in [0.15, 0.2) is 5.96 Å². The molecule has 0 atom stereocenters. The Morgan fingerprint density at radius 2 is 1.95 bits per heavy atom. The molecular formula is C16H19N3. The number of hydrogen-bond acceptors (Lipinski definition) is 1.